The van der Waals surface area contributed by atoms with Crippen molar-refractivity contribution in [3.8, 4) is 11.5 Å². The van der Waals surface area contributed by atoms with Crippen LogP contribution in [0.2, 0.25) is 0 Å². The summed E-state index contributed by atoms with van der Waals surface area (Å²) in [5.41, 5.74) is 1.33. The summed E-state index contributed by atoms with van der Waals surface area (Å²) in [6, 6.07) is 6.00. The molecule has 1 aromatic rings. The zero-order valence-electron chi connectivity index (χ0n) is 16.2. The third kappa shape index (κ3) is 4.89. The van der Waals surface area contributed by atoms with Crippen molar-refractivity contribution < 1.29 is 14.3 Å². The fourth-order valence-corrected chi connectivity index (χ4v) is 3.77. The van der Waals surface area contributed by atoms with Gasteiger partial charge >= 0.3 is 0 Å². The van der Waals surface area contributed by atoms with Crippen molar-refractivity contribution in [1.29, 1.82) is 0 Å². The summed E-state index contributed by atoms with van der Waals surface area (Å²) in [5, 5.41) is 3.53. The SMILES string of the molecule is COc1cc(CN2CCNC(C)(C)C2)ccc1OCC(=O)N1CCCC1. The van der Waals surface area contributed by atoms with Gasteiger partial charge in [-0.1, -0.05) is 6.07 Å². The molecule has 1 N–H and O–H groups in total. The number of benzene rings is 1. The first-order valence-electron chi connectivity index (χ1n) is 9.52. The van der Waals surface area contributed by atoms with Gasteiger partial charge in [-0.3, -0.25) is 9.69 Å². The Morgan fingerprint density at radius 1 is 1.19 bits per heavy atom. The lowest BCUT2D eigenvalue weighted by Crippen LogP contribution is -2.56. The lowest BCUT2D eigenvalue weighted by molar-refractivity contribution is -0.132. The second-order valence-electron chi connectivity index (χ2n) is 7.88. The van der Waals surface area contributed by atoms with Crippen LogP contribution < -0.4 is 14.8 Å². The van der Waals surface area contributed by atoms with Crippen molar-refractivity contribution in [2.24, 2.45) is 0 Å². The van der Waals surface area contributed by atoms with Gasteiger partial charge in [-0.15, -0.1) is 0 Å². The van der Waals surface area contributed by atoms with E-state index in [0.29, 0.717) is 11.5 Å². The lowest BCUT2D eigenvalue weighted by atomic mass is 10.0. The molecule has 2 aliphatic heterocycles. The summed E-state index contributed by atoms with van der Waals surface area (Å²) < 4.78 is 11.2. The molecule has 2 fully saturated rings. The largest absolute Gasteiger partial charge is 0.493 e. The summed E-state index contributed by atoms with van der Waals surface area (Å²) in [7, 11) is 1.64. The average Bonchev–Trinajstić information content (AvgIpc) is 3.14. The Bertz CT molecular complexity index is 627. The maximum absolute atomic E-state index is 12.2. The number of nitrogens with zero attached hydrogens (tertiary/aromatic N) is 2. The van der Waals surface area contributed by atoms with Crippen molar-refractivity contribution >= 4 is 5.91 Å². The Hall–Kier alpha value is -1.79. The van der Waals surface area contributed by atoms with Gasteiger partial charge in [0.05, 0.1) is 7.11 Å². The summed E-state index contributed by atoms with van der Waals surface area (Å²) in [6.07, 6.45) is 2.18. The normalized spacial score (nSPS) is 20.2. The van der Waals surface area contributed by atoms with E-state index >= 15 is 0 Å². The van der Waals surface area contributed by atoms with Gasteiger partial charge in [0.1, 0.15) is 0 Å². The standard InChI is InChI=1S/C20H31N3O3/c1-20(2)15-22(11-8-21-20)13-16-6-7-17(18(12-16)25-3)26-14-19(24)23-9-4-5-10-23/h6-7,12,21H,4-5,8-11,13-15H2,1-3H3. The van der Waals surface area contributed by atoms with Gasteiger partial charge in [-0.25, -0.2) is 0 Å². The Kier molecular flexibility index (Phi) is 6.04. The lowest BCUT2D eigenvalue weighted by Gasteiger charge is -2.39. The molecule has 0 bridgehead atoms. The van der Waals surface area contributed by atoms with E-state index in [4.69, 9.17) is 9.47 Å². The number of amides is 1. The topological polar surface area (TPSA) is 54.0 Å². The fraction of sp³-hybridized carbons (Fsp3) is 0.650. The second kappa shape index (κ2) is 8.27. The van der Waals surface area contributed by atoms with Crippen LogP contribution in [-0.4, -0.2) is 67.7 Å². The van der Waals surface area contributed by atoms with E-state index in [0.717, 1.165) is 52.1 Å². The van der Waals surface area contributed by atoms with Gasteiger partial charge in [0.25, 0.3) is 5.91 Å². The molecule has 6 heteroatoms. The molecule has 2 saturated heterocycles. The summed E-state index contributed by atoms with van der Waals surface area (Å²) in [5.74, 6) is 1.37. The highest BCUT2D eigenvalue weighted by Gasteiger charge is 2.25. The molecule has 3 rings (SSSR count). The van der Waals surface area contributed by atoms with E-state index in [1.54, 1.807) is 7.11 Å². The average molecular weight is 361 g/mol. The number of methoxy groups -OCH3 is 1. The third-order valence-corrected chi connectivity index (χ3v) is 5.09. The van der Waals surface area contributed by atoms with Crippen LogP contribution >= 0.6 is 0 Å². The number of piperazine rings is 1. The Labute approximate surface area is 156 Å². The van der Waals surface area contributed by atoms with Crippen LogP contribution in [0.15, 0.2) is 18.2 Å². The molecule has 2 aliphatic rings. The summed E-state index contributed by atoms with van der Waals surface area (Å²) in [4.78, 5) is 16.5. The number of nitrogens with one attached hydrogen (secondary N) is 1. The number of ether oxygens (including phenoxy) is 2. The van der Waals surface area contributed by atoms with Crippen LogP contribution in [0.3, 0.4) is 0 Å². The van der Waals surface area contributed by atoms with Crippen LogP contribution in [0.1, 0.15) is 32.3 Å². The monoisotopic (exact) mass is 361 g/mol. The van der Waals surface area contributed by atoms with E-state index in [1.165, 1.54) is 5.56 Å². The maximum atomic E-state index is 12.2. The van der Waals surface area contributed by atoms with Crippen molar-refractivity contribution in [2.75, 3.05) is 46.4 Å². The molecule has 1 amide bonds. The smallest absolute Gasteiger partial charge is 0.260 e. The van der Waals surface area contributed by atoms with Crippen LogP contribution in [-0.2, 0) is 11.3 Å². The van der Waals surface area contributed by atoms with Crippen molar-refractivity contribution in [3.63, 3.8) is 0 Å². The van der Waals surface area contributed by atoms with E-state index in [9.17, 15) is 4.79 Å². The predicted octanol–water partition coefficient (Wildman–Crippen LogP) is 1.88. The highest BCUT2D eigenvalue weighted by molar-refractivity contribution is 5.78. The van der Waals surface area contributed by atoms with Gasteiger partial charge in [-0.2, -0.15) is 0 Å². The Morgan fingerprint density at radius 3 is 2.65 bits per heavy atom. The van der Waals surface area contributed by atoms with Crippen molar-refractivity contribution in [2.45, 2.75) is 38.8 Å². The minimum Gasteiger partial charge on any atom is -0.493 e. The number of hydrogen-bond donors (Lipinski definition) is 1. The molecule has 2 heterocycles. The zero-order valence-corrected chi connectivity index (χ0v) is 16.2. The molecule has 0 unspecified atom stereocenters. The van der Waals surface area contributed by atoms with Gasteiger partial charge in [0.15, 0.2) is 18.1 Å². The Balaban J connectivity index is 1.59. The number of likely N-dealkylation sites (tertiary alicyclic amines) is 1. The number of carbonyl (C=O) groups is 1. The minimum absolute atomic E-state index is 0.0525. The molecule has 144 valence electrons. The first-order chi connectivity index (χ1) is 12.5. The molecular formula is C20H31N3O3. The van der Waals surface area contributed by atoms with Crippen LogP contribution in [0.25, 0.3) is 0 Å². The maximum Gasteiger partial charge on any atom is 0.260 e. The van der Waals surface area contributed by atoms with Gasteiger partial charge < -0.3 is 19.7 Å². The van der Waals surface area contributed by atoms with Gasteiger partial charge in [-0.05, 0) is 44.4 Å². The minimum atomic E-state index is 0.0525. The quantitative estimate of drug-likeness (QED) is 0.838. The molecule has 26 heavy (non-hydrogen) atoms. The van der Waals surface area contributed by atoms with E-state index in [1.807, 2.05) is 17.0 Å². The Morgan fingerprint density at radius 2 is 1.96 bits per heavy atom. The second-order valence-corrected chi connectivity index (χ2v) is 7.88. The van der Waals surface area contributed by atoms with Crippen LogP contribution in [0.5, 0.6) is 11.5 Å². The van der Waals surface area contributed by atoms with E-state index < -0.39 is 0 Å². The summed E-state index contributed by atoms with van der Waals surface area (Å²) >= 11 is 0. The first-order valence-corrected chi connectivity index (χ1v) is 9.52. The molecule has 0 spiro atoms. The number of rotatable bonds is 6. The fourth-order valence-electron chi connectivity index (χ4n) is 3.77. The van der Waals surface area contributed by atoms with E-state index in [2.05, 4.69) is 30.1 Å². The molecule has 0 atom stereocenters. The molecule has 1 aromatic carbocycles. The molecule has 0 saturated carbocycles. The van der Waals surface area contributed by atoms with Crippen LogP contribution in [0.4, 0.5) is 0 Å². The van der Waals surface area contributed by atoms with Gasteiger partial charge in [0, 0.05) is 44.8 Å². The molecule has 0 radical (unpaired) electrons. The van der Waals surface area contributed by atoms with Crippen molar-refractivity contribution in [3.05, 3.63) is 23.8 Å². The highest BCUT2D eigenvalue weighted by atomic mass is 16.5. The number of carbonyl (C=O) groups excluding carboxylic acids is 1. The molecule has 0 aliphatic carbocycles. The van der Waals surface area contributed by atoms with Crippen molar-refractivity contribution in [1.82, 2.24) is 15.1 Å². The molecule has 6 nitrogen and oxygen atoms in total. The predicted molar refractivity (Wildman–Crippen MR) is 102 cm³/mol. The summed E-state index contributed by atoms with van der Waals surface area (Å²) in [6.45, 7) is 10.2. The first kappa shape index (κ1) is 19.0. The van der Waals surface area contributed by atoms with Crippen LogP contribution in [0, 0.1) is 0 Å². The highest BCUT2D eigenvalue weighted by Crippen LogP contribution is 2.29. The molecule has 0 aromatic heterocycles. The molecular weight excluding hydrogens is 330 g/mol. The third-order valence-electron chi connectivity index (χ3n) is 5.09. The van der Waals surface area contributed by atoms with Gasteiger partial charge in [0.2, 0.25) is 0 Å². The van der Waals surface area contributed by atoms with E-state index in [-0.39, 0.29) is 18.1 Å². The zero-order chi connectivity index (χ0) is 18.6. The number of hydrogen-bond acceptors (Lipinski definition) is 5.